The summed E-state index contributed by atoms with van der Waals surface area (Å²) in [6, 6.07) is 17.5. The molecule has 222 valence electrons. The smallest absolute Gasteiger partial charge is 0.316 e. The predicted molar refractivity (Wildman–Crippen MR) is 170 cm³/mol. The largest absolute Gasteiger partial charge is 0.460 e. The monoisotopic (exact) mass is 586 g/mol. The molecule has 0 amide bonds. The van der Waals surface area contributed by atoms with Crippen LogP contribution in [-0.2, 0) is 35.8 Å². The van der Waals surface area contributed by atoms with Gasteiger partial charge < -0.3 is 9.16 Å². The van der Waals surface area contributed by atoms with Crippen molar-refractivity contribution >= 4 is 30.2 Å². The Morgan fingerprint density at radius 1 is 0.950 bits per heavy atom. The van der Waals surface area contributed by atoms with E-state index in [0.29, 0.717) is 19.3 Å². The van der Waals surface area contributed by atoms with Gasteiger partial charge in [0.05, 0.1) is 16.9 Å². The normalized spacial score (nSPS) is 14.4. The lowest BCUT2D eigenvalue weighted by molar-refractivity contribution is -0.151. The van der Waals surface area contributed by atoms with Crippen molar-refractivity contribution in [2.45, 2.75) is 91.0 Å². The van der Waals surface area contributed by atoms with Crippen LogP contribution in [0.5, 0.6) is 0 Å². The highest BCUT2D eigenvalue weighted by atomic mass is 32.2. The van der Waals surface area contributed by atoms with Crippen molar-refractivity contribution in [1.82, 2.24) is 0 Å². The van der Waals surface area contributed by atoms with Crippen LogP contribution in [-0.4, -0.2) is 40.8 Å². The maximum absolute atomic E-state index is 13.5. The second-order valence-corrected chi connectivity index (χ2v) is 20.4. The quantitative estimate of drug-likeness (QED) is 0.156. The zero-order valence-corrected chi connectivity index (χ0v) is 27.7. The highest BCUT2D eigenvalue weighted by Crippen LogP contribution is 2.37. The molecule has 7 heteroatoms. The van der Waals surface area contributed by atoms with Gasteiger partial charge in [0.1, 0.15) is 6.61 Å². The van der Waals surface area contributed by atoms with Gasteiger partial charge in [-0.25, -0.2) is 8.42 Å². The fourth-order valence-electron chi connectivity index (χ4n) is 4.56. The molecule has 0 spiro atoms. The summed E-state index contributed by atoms with van der Waals surface area (Å²) in [4.78, 5) is 13.5. The van der Waals surface area contributed by atoms with Gasteiger partial charge in [0.2, 0.25) is 0 Å². The van der Waals surface area contributed by atoms with Crippen LogP contribution in [0.3, 0.4) is 0 Å². The summed E-state index contributed by atoms with van der Waals surface area (Å²) in [5.74, 6) is -0.172. The van der Waals surface area contributed by atoms with Crippen LogP contribution in [0.15, 0.2) is 61.2 Å². The second-order valence-electron chi connectivity index (χ2n) is 13.4. The Morgan fingerprint density at radius 2 is 1.60 bits per heavy atom. The molecule has 2 rings (SSSR count). The van der Waals surface area contributed by atoms with Crippen LogP contribution in [0, 0.1) is 5.41 Å². The van der Waals surface area contributed by atoms with Crippen molar-refractivity contribution in [2.24, 2.45) is 5.41 Å². The van der Waals surface area contributed by atoms with Crippen molar-refractivity contribution in [3.05, 3.63) is 77.9 Å². The number of ether oxygens (including phenoxy) is 1. The fraction of sp³-hybridized carbons (Fsp3) is 0.545. The van der Waals surface area contributed by atoms with E-state index in [2.05, 4.69) is 40.4 Å². The highest BCUT2D eigenvalue weighted by molar-refractivity contribution is 7.91. The molecule has 1 atom stereocenters. The second kappa shape index (κ2) is 13.6. The molecular weight excluding hydrogens is 537 g/mol. The molecule has 0 aliphatic carbocycles. The van der Waals surface area contributed by atoms with E-state index in [-0.39, 0.29) is 35.7 Å². The molecule has 0 fully saturated rings. The van der Waals surface area contributed by atoms with Crippen LogP contribution in [0.4, 0.5) is 0 Å². The maximum Gasteiger partial charge on any atom is 0.316 e. The van der Waals surface area contributed by atoms with Crippen molar-refractivity contribution in [1.29, 1.82) is 0 Å². The summed E-state index contributed by atoms with van der Waals surface area (Å²) in [6.45, 7) is 20.9. The molecule has 0 saturated heterocycles. The van der Waals surface area contributed by atoms with E-state index in [1.54, 1.807) is 6.08 Å². The Balaban J connectivity index is 2.08. The van der Waals surface area contributed by atoms with E-state index in [1.807, 2.05) is 75.4 Å². The van der Waals surface area contributed by atoms with Crippen LogP contribution < -0.4 is 0 Å². The molecule has 0 aliphatic rings. The van der Waals surface area contributed by atoms with E-state index in [4.69, 9.17) is 9.16 Å². The van der Waals surface area contributed by atoms with E-state index < -0.39 is 29.0 Å². The number of hydrogen-bond acceptors (Lipinski definition) is 5. The van der Waals surface area contributed by atoms with Crippen LogP contribution >= 0.6 is 0 Å². The Bertz CT molecular complexity index is 1230. The fourth-order valence-corrected chi connectivity index (χ4v) is 7.57. The van der Waals surface area contributed by atoms with E-state index >= 15 is 0 Å². The number of benzene rings is 2. The average molecular weight is 587 g/mol. The minimum absolute atomic E-state index is 0.0286. The van der Waals surface area contributed by atoms with Gasteiger partial charge in [0.25, 0.3) is 0 Å². The molecule has 0 aliphatic heterocycles. The van der Waals surface area contributed by atoms with Crippen LogP contribution in [0.1, 0.15) is 77.5 Å². The Hall–Kier alpha value is -2.22. The molecule has 0 aromatic heterocycles. The van der Waals surface area contributed by atoms with Crippen molar-refractivity contribution in [3.63, 3.8) is 0 Å². The Morgan fingerprint density at radius 3 is 2.20 bits per heavy atom. The lowest BCUT2D eigenvalue weighted by Crippen LogP contribution is -2.42. The van der Waals surface area contributed by atoms with Gasteiger partial charge in [-0.15, -0.1) is 0 Å². The van der Waals surface area contributed by atoms with Crippen LogP contribution in [0.25, 0.3) is 6.08 Å². The molecular formula is C33H50O5SSi. The molecule has 0 saturated carbocycles. The van der Waals surface area contributed by atoms with Crippen molar-refractivity contribution < 1.29 is 22.4 Å². The standard InChI is InChI=1S/C33H50O5SSi/c1-10-27-18-14-19-29(24-27)33(7,30(34)37-25-28-16-12-11-13-17-28)21-15-20-32(5,6)26-39(35,36)23-22-38-40(8,9)31(2,3)4/h10-14,16-19,24H,1,15,20-23,25-26H2,2-9H3/t33-/m1/s1. The Kier molecular flexibility index (Phi) is 11.6. The number of carbonyl (C=O) groups excluding carboxylic acids is 1. The van der Waals surface area contributed by atoms with Gasteiger partial charge in [0.15, 0.2) is 18.2 Å². The van der Waals surface area contributed by atoms with Gasteiger partial charge in [-0.2, -0.15) is 0 Å². The van der Waals surface area contributed by atoms with Gasteiger partial charge >= 0.3 is 5.97 Å². The number of hydrogen-bond donors (Lipinski definition) is 0. The third kappa shape index (κ3) is 10.0. The highest BCUT2D eigenvalue weighted by Gasteiger charge is 2.39. The van der Waals surface area contributed by atoms with E-state index in [1.165, 1.54) is 0 Å². The zero-order valence-electron chi connectivity index (χ0n) is 25.9. The number of sulfone groups is 1. The Labute approximate surface area is 244 Å². The number of esters is 1. The third-order valence-corrected chi connectivity index (χ3v) is 14.8. The summed E-state index contributed by atoms with van der Waals surface area (Å²) < 4.78 is 38.0. The molecule has 2 aromatic rings. The zero-order chi connectivity index (χ0) is 30.2. The van der Waals surface area contributed by atoms with Gasteiger partial charge in [-0.1, -0.05) is 108 Å². The van der Waals surface area contributed by atoms with Crippen LogP contribution in [0.2, 0.25) is 18.1 Å². The van der Waals surface area contributed by atoms with Crippen molar-refractivity contribution in [3.8, 4) is 0 Å². The van der Waals surface area contributed by atoms with Gasteiger partial charge in [-0.3, -0.25) is 4.79 Å². The first-order chi connectivity index (χ1) is 18.4. The summed E-state index contributed by atoms with van der Waals surface area (Å²) in [6.07, 6.45) is 3.65. The minimum atomic E-state index is -3.30. The lowest BCUT2D eigenvalue weighted by Gasteiger charge is -2.36. The molecule has 40 heavy (non-hydrogen) atoms. The number of rotatable bonds is 15. The third-order valence-electron chi connectivity index (χ3n) is 8.23. The minimum Gasteiger partial charge on any atom is -0.460 e. The lowest BCUT2D eigenvalue weighted by atomic mass is 9.76. The molecule has 0 heterocycles. The van der Waals surface area contributed by atoms with Gasteiger partial charge in [0, 0.05) is 6.61 Å². The summed E-state index contributed by atoms with van der Waals surface area (Å²) in [7, 11) is -5.29. The molecule has 0 N–H and O–H groups in total. The summed E-state index contributed by atoms with van der Waals surface area (Å²) >= 11 is 0. The average Bonchev–Trinajstić information content (AvgIpc) is 2.86. The first-order valence-corrected chi connectivity index (χ1v) is 18.9. The maximum atomic E-state index is 13.5. The first-order valence-electron chi connectivity index (χ1n) is 14.2. The molecule has 0 radical (unpaired) electrons. The SMILES string of the molecule is C=Cc1cccc([C@@](C)(CCCC(C)(C)CS(=O)(=O)CCO[Si](C)(C)C(C)(C)C)C(=O)OCc2ccccc2)c1. The summed E-state index contributed by atoms with van der Waals surface area (Å²) in [5, 5.41) is 0.0378. The molecule has 5 nitrogen and oxygen atoms in total. The first kappa shape index (κ1) is 34.0. The van der Waals surface area contributed by atoms with Gasteiger partial charge in [-0.05, 0) is 60.0 Å². The van der Waals surface area contributed by atoms with E-state index in [9.17, 15) is 13.2 Å². The van der Waals surface area contributed by atoms with E-state index in [0.717, 1.165) is 16.7 Å². The molecule has 2 aromatic carbocycles. The predicted octanol–water partition coefficient (Wildman–Crippen LogP) is 7.96. The topological polar surface area (TPSA) is 69.7 Å². The van der Waals surface area contributed by atoms with Crippen molar-refractivity contribution in [2.75, 3.05) is 18.1 Å². The molecule has 0 bridgehead atoms. The number of carbonyl (C=O) groups is 1. The molecule has 0 unspecified atom stereocenters. The summed E-state index contributed by atoms with van der Waals surface area (Å²) in [5.41, 5.74) is 1.43.